The largest absolute Gasteiger partial charge is 0.243 e. The molecule has 0 aromatic heterocycles. The van der Waals surface area contributed by atoms with E-state index in [4.69, 9.17) is 0 Å². The van der Waals surface area contributed by atoms with Gasteiger partial charge in [0.25, 0.3) is 0 Å². The maximum absolute atomic E-state index is 2.45. The molecular weight excluding hydrogens is 491 g/mol. The van der Waals surface area contributed by atoms with E-state index in [9.17, 15) is 0 Å². The fourth-order valence-electron chi connectivity index (χ4n) is 7.38. The summed E-state index contributed by atoms with van der Waals surface area (Å²) in [6.45, 7) is 0.217. The fraction of sp³-hybridized carbons (Fsp3) is 0. The molecule has 0 unspecified atom stereocenters. The van der Waals surface area contributed by atoms with Crippen LogP contribution in [0.5, 0.6) is 0 Å². The summed E-state index contributed by atoms with van der Waals surface area (Å²) in [6.07, 6.45) is 0. The standard InChI is InChI=1S/C40H25B/c1-4-12-26(13-5-1)34-25-35(27-14-6-2-7-15-27)32-22-23-33-38-28(20-21-31(34)39(32)38)24-36-30-18-10-11-19-37(30)41(40(33)36)29-16-8-3-9-17-29/h1-25H. The lowest BCUT2D eigenvalue weighted by Gasteiger charge is -2.21. The maximum atomic E-state index is 2.45. The summed E-state index contributed by atoms with van der Waals surface area (Å²) in [5.41, 5.74) is 12.0. The van der Waals surface area contributed by atoms with Crippen LogP contribution in [0, 0.1) is 0 Å². The molecule has 1 heteroatoms. The van der Waals surface area contributed by atoms with E-state index in [2.05, 4.69) is 152 Å². The van der Waals surface area contributed by atoms with Crippen LogP contribution in [-0.4, -0.2) is 6.71 Å². The molecule has 0 amide bonds. The van der Waals surface area contributed by atoms with E-state index in [0.29, 0.717) is 0 Å². The minimum absolute atomic E-state index is 0.217. The molecule has 8 aromatic rings. The van der Waals surface area contributed by atoms with Gasteiger partial charge in [0.2, 0.25) is 6.71 Å². The third-order valence-electron chi connectivity index (χ3n) is 9.10. The van der Waals surface area contributed by atoms with Crippen molar-refractivity contribution in [2.45, 2.75) is 0 Å². The summed E-state index contributed by atoms with van der Waals surface area (Å²) in [6, 6.07) is 56.1. The smallest absolute Gasteiger partial charge is 0.0686 e. The Morgan fingerprint density at radius 2 is 0.927 bits per heavy atom. The average molecular weight is 516 g/mol. The Kier molecular flexibility index (Phi) is 4.80. The first kappa shape index (κ1) is 22.7. The summed E-state index contributed by atoms with van der Waals surface area (Å²) in [5.74, 6) is 0. The van der Waals surface area contributed by atoms with E-state index in [0.717, 1.165) is 0 Å². The molecule has 0 aliphatic carbocycles. The van der Waals surface area contributed by atoms with Crippen LogP contribution in [0.15, 0.2) is 152 Å². The highest BCUT2D eigenvalue weighted by Crippen LogP contribution is 2.45. The first-order valence-electron chi connectivity index (χ1n) is 14.4. The molecule has 0 saturated heterocycles. The van der Waals surface area contributed by atoms with Crippen LogP contribution in [0.3, 0.4) is 0 Å². The molecule has 0 radical (unpaired) electrons. The molecule has 0 N–H and O–H groups in total. The normalized spacial score (nSPS) is 12.3. The van der Waals surface area contributed by atoms with Gasteiger partial charge in [0.05, 0.1) is 0 Å². The molecule has 1 heterocycles. The first-order valence-corrected chi connectivity index (χ1v) is 14.4. The van der Waals surface area contributed by atoms with Crippen LogP contribution < -0.4 is 16.4 Å². The number of rotatable bonds is 3. The second-order valence-electron chi connectivity index (χ2n) is 11.2. The second-order valence-corrected chi connectivity index (χ2v) is 11.2. The molecule has 0 bridgehead atoms. The number of benzene rings is 8. The van der Waals surface area contributed by atoms with Gasteiger partial charge >= 0.3 is 0 Å². The number of hydrogen-bond acceptors (Lipinski definition) is 0. The highest BCUT2D eigenvalue weighted by molar-refractivity contribution is 7.00. The highest BCUT2D eigenvalue weighted by Gasteiger charge is 2.35. The van der Waals surface area contributed by atoms with Gasteiger partial charge in [-0.15, -0.1) is 0 Å². The fourth-order valence-corrected chi connectivity index (χ4v) is 7.38. The Bertz CT molecular complexity index is 2170. The van der Waals surface area contributed by atoms with E-state index in [-0.39, 0.29) is 6.71 Å². The van der Waals surface area contributed by atoms with Gasteiger partial charge in [-0.25, -0.2) is 0 Å². The Labute approximate surface area is 240 Å². The molecule has 1 aliphatic rings. The quantitative estimate of drug-likeness (QED) is 0.163. The van der Waals surface area contributed by atoms with Crippen molar-refractivity contribution in [1.82, 2.24) is 0 Å². The van der Waals surface area contributed by atoms with Gasteiger partial charge in [-0.1, -0.05) is 156 Å². The van der Waals surface area contributed by atoms with Gasteiger partial charge < -0.3 is 0 Å². The van der Waals surface area contributed by atoms with E-state index in [1.807, 2.05) is 0 Å². The van der Waals surface area contributed by atoms with Crippen molar-refractivity contribution >= 4 is 55.4 Å². The van der Waals surface area contributed by atoms with E-state index in [1.54, 1.807) is 0 Å². The summed E-state index contributed by atoms with van der Waals surface area (Å²) in [7, 11) is 0. The molecule has 41 heavy (non-hydrogen) atoms. The minimum atomic E-state index is 0.217. The van der Waals surface area contributed by atoms with Gasteiger partial charge in [0.15, 0.2) is 0 Å². The Hall–Kier alpha value is -5.14. The summed E-state index contributed by atoms with van der Waals surface area (Å²) >= 11 is 0. The van der Waals surface area contributed by atoms with Crippen LogP contribution in [0.1, 0.15) is 0 Å². The monoisotopic (exact) mass is 516 g/mol. The van der Waals surface area contributed by atoms with Crippen molar-refractivity contribution in [3.63, 3.8) is 0 Å². The van der Waals surface area contributed by atoms with Crippen molar-refractivity contribution in [3.8, 4) is 33.4 Å². The molecule has 0 spiro atoms. The molecule has 9 rings (SSSR count). The third-order valence-corrected chi connectivity index (χ3v) is 9.10. The molecule has 1 aliphatic heterocycles. The lowest BCUT2D eigenvalue weighted by molar-refractivity contribution is 1.63. The van der Waals surface area contributed by atoms with Crippen molar-refractivity contribution < 1.29 is 0 Å². The zero-order valence-electron chi connectivity index (χ0n) is 22.5. The van der Waals surface area contributed by atoms with E-state index < -0.39 is 0 Å². The van der Waals surface area contributed by atoms with Gasteiger partial charge in [0.1, 0.15) is 0 Å². The molecule has 8 aromatic carbocycles. The molecule has 0 atom stereocenters. The Morgan fingerprint density at radius 1 is 0.366 bits per heavy atom. The average Bonchev–Trinajstić information content (AvgIpc) is 3.38. The first-order chi connectivity index (χ1) is 20.4. The van der Waals surface area contributed by atoms with Gasteiger partial charge in [-0.3, -0.25) is 0 Å². The Morgan fingerprint density at radius 3 is 1.61 bits per heavy atom. The van der Waals surface area contributed by atoms with Crippen molar-refractivity contribution in [2.24, 2.45) is 0 Å². The van der Waals surface area contributed by atoms with Crippen molar-refractivity contribution in [1.29, 1.82) is 0 Å². The zero-order chi connectivity index (χ0) is 26.9. The summed E-state index contributed by atoms with van der Waals surface area (Å²) < 4.78 is 0. The van der Waals surface area contributed by atoms with Crippen molar-refractivity contribution in [2.75, 3.05) is 0 Å². The van der Waals surface area contributed by atoms with Gasteiger partial charge in [-0.05, 0) is 77.8 Å². The van der Waals surface area contributed by atoms with Gasteiger partial charge in [0, 0.05) is 0 Å². The lowest BCUT2D eigenvalue weighted by Crippen LogP contribution is -2.49. The predicted octanol–water partition coefficient (Wildman–Crippen LogP) is 8.41. The molecule has 188 valence electrons. The SMILES string of the molecule is c1ccc(B2c3ccccc3-c3cc4ccc5c(-c6ccccc6)cc(-c6ccccc6)c6ccc(c32)c4c56)cc1. The van der Waals surface area contributed by atoms with E-state index >= 15 is 0 Å². The van der Waals surface area contributed by atoms with Crippen LogP contribution >= 0.6 is 0 Å². The number of hydrogen-bond donors (Lipinski definition) is 0. The van der Waals surface area contributed by atoms with Crippen LogP contribution in [0.25, 0.3) is 65.7 Å². The predicted molar refractivity (Wildman–Crippen MR) is 178 cm³/mol. The lowest BCUT2D eigenvalue weighted by atomic mass is 9.38. The molecule has 0 fully saturated rings. The molecule has 0 nitrogen and oxygen atoms in total. The van der Waals surface area contributed by atoms with Crippen LogP contribution in [-0.2, 0) is 0 Å². The molecular formula is C40H25B. The van der Waals surface area contributed by atoms with Crippen molar-refractivity contribution in [3.05, 3.63) is 152 Å². The van der Waals surface area contributed by atoms with Gasteiger partial charge in [-0.2, -0.15) is 0 Å². The van der Waals surface area contributed by atoms with Crippen LogP contribution in [0.4, 0.5) is 0 Å². The maximum Gasteiger partial charge on any atom is 0.243 e. The minimum Gasteiger partial charge on any atom is -0.0686 e. The zero-order valence-corrected chi connectivity index (χ0v) is 22.5. The summed E-state index contributed by atoms with van der Waals surface area (Å²) in [4.78, 5) is 0. The van der Waals surface area contributed by atoms with Crippen LogP contribution in [0.2, 0.25) is 0 Å². The highest BCUT2D eigenvalue weighted by atomic mass is 14.2. The third kappa shape index (κ3) is 3.24. The topological polar surface area (TPSA) is 0 Å². The molecule has 0 saturated carbocycles. The number of fused-ring (bicyclic) bond motifs is 4. The Balaban J connectivity index is 1.45. The second kappa shape index (κ2) is 8.68. The van der Waals surface area contributed by atoms with E-state index in [1.165, 1.54) is 82.1 Å². The summed E-state index contributed by atoms with van der Waals surface area (Å²) in [5, 5.41) is 8.05.